The average molecular weight is 443 g/mol. The number of H-pyrrole nitrogens is 1. The second kappa shape index (κ2) is 6.13. The lowest BCUT2D eigenvalue weighted by molar-refractivity contribution is 0.482. The minimum atomic E-state index is -3.56. The highest BCUT2D eigenvalue weighted by Gasteiger charge is 2.42. The largest absolute Gasteiger partial charge is 0.369 e. The molecule has 1 aliphatic rings. The molecular weight excluding hydrogens is 427 g/mol. The number of hydrogen-bond donors (Lipinski definition) is 2. The first-order valence-corrected chi connectivity index (χ1v) is 11.2. The highest BCUT2D eigenvalue weighted by atomic mass is 35.5. The number of thiophene rings is 1. The summed E-state index contributed by atoms with van der Waals surface area (Å²) in [5, 5.41) is 2.07. The fourth-order valence-corrected chi connectivity index (χ4v) is 6.55. The Morgan fingerprint density at radius 2 is 2.04 bits per heavy atom. The first-order chi connectivity index (χ1) is 12.6. The summed E-state index contributed by atoms with van der Waals surface area (Å²) >= 11 is 14.1. The van der Waals surface area contributed by atoms with Gasteiger partial charge in [0.05, 0.1) is 36.8 Å². The van der Waals surface area contributed by atoms with Gasteiger partial charge < -0.3 is 10.7 Å². The molecule has 0 radical (unpaired) electrons. The molecule has 3 aromatic rings. The van der Waals surface area contributed by atoms with E-state index in [2.05, 4.69) is 9.98 Å². The Morgan fingerprint density at radius 1 is 1.30 bits per heavy atom. The molecule has 1 atom stereocenters. The highest BCUT2D eigenvalue weighted by Crippen LogP contribution is 2.44. The molecule has 1 unspecified atom stereocenters. The predicted molar refractivity (Wildman–Crippen MR) is 112 cm³/mol. The van der Waals surface area contributed by atoms with Crippen molar-refractivity contribution in [1.29, 1.82) is 0 Å². The first kappa shape index (κ1) is 18.6. The molecule has 0 fully saturated rings. The normalized spacial score (nSPS) is 22.2. The van der Waals surface area contributed by atoms with Gasteiger partial charge in [-0.25, -0.2) is 17.7 Å². The Morgan fingerprint density at radius 3 is 2.70 bits per heavy atom. The van der Waals surface area contributed by atoms with Crippen LogP contribution >= 0.6 is 34.5 Å². The van der Waals surface area contributed by atoms with Crippen LogP contribution in [0.25, 0.3) is 21.5 Å². The molecule has 10 heteroatoms. The molecule has 0 bridgehead atoms. The summed E-state index contributed by atoms with van der Waals surface area (Å²) in [6, 6.07) is 9.46. The first-order valence-electron chi connectivity index (χ1n) is 8.00. The zero-order valence-electron chi connectivity index (χ0n) is 14.5. The van der Waals surface area contributed by atoms with Gasteiger partial charge in [-0.15, -0.1) is 11.3 Å². The van der Waals surface area contributed by atoms with Crippen molar-refractivity contribution < 1.29 is 8.42 Å². The quantitative estimate of drug-likeness (QED) is 0.627. The van der Waals surface area contributed by atoms with Crippen LogP contribution in [0.2, 0.25) is 10.0 Å². The lowest BCUT2D eigenvalue weighted by Crippen LogP contribution is -2.50. The third-order valence-electron chi connectivity index (χ3n) is 4.61. The Bertz CT molecular complexity index is 1200. The number of benzene rings is 1. The van der Waals surface area contributed by atoms with Gasteiger partial charge in [0.2, 0.25) is 16.0 Å². The fourth-order valence-electron chi connectivity index (χ4n) is 3.19. The number of halogens is 2. The molecule has 142 valence electrons. The summed E-state index contributed by atoms with van der Waals surface area (Å²) in [5.41, 5.74) is 6.49. The number of sulfonamides is 1. The number of nitrogens with zero attached hydrogens (tertiary/aromatic N) is 2. The Hall–Kier alpha value is -1.74. The number of hydrogen-bond acceptors (Lipinski definition) is 5. The number of fused-ring (bicyclic) bond motifs is 1. The van der Waals surface area contributed by atoms with Gasteiger partial charge in [-0.2, -0.15) is 0 Å². The molecule has 4 rings (SSSR count). The van der Waals surface area contributed by atoms with Gasteiger partial charge in [-0.05, 0) is 25.1 Å². The number of aromatic nitrogens is 1. The Labute approximate surface area is 170 Å². The van der Waals surface area contributed by atoms with E-state index in [0.717, 1.165) is 25.8 Å². The zero-order chi connectivity index (χ0) is 19.6. The maximum Gasteiger partial charge on any atom is 0.239 e. The van der Waals surface area contributed by atoms with Gasteiger partial charge in [0.25, 0.3) is 0 Å². The van der Waals surface area contributed by atoms with Crippen LogP contribution in [0.3, 0.4) is 0 Å². The van der Waals surface area contributed by atoms with Crippen LogP contribution in [0, 0.1) is 0 Å². The minimum Gasteiger partial charge on any atom is -0.369 e. The van der Waals surface area contributed by atoms with Gasteiger partial charge >= 0.3 is 0 Å². The maximum absolute atomic E-state index is 12.4. The van der Waals surface area contributed by atoms with Crippen LogP contribution < -0.4 is 5.73 Å². The number of nitrogens with two attached hydrogens (primary N) is 1. The predicted octanol–water partition coefficient (Wildman–Crippen LogP) is 4.01. The molecular formula is C17H16Cl2N4O2S2. The number of nitrogens with one attached hydrogen (secondary N) is 1. The number of para-hydroxylation sites is 1. The maximum atomic E-state index is 12.4. The molecule has 6 nitrogen and oxygen atoms in total. The van der Waals surface area contributed by atoms with Crippen molar-refractivity contribution in [1.82, 2.24) is 9.29 Å². The van der Waals surface area contributed by atoms with E-state index in [1.165, 1.54) is 18.4 Å². The minimum absolute atomic E-state index is 0.0489. The molecule has 1 aliphatic heterocycles. The van der Waals surface area contributed by atoms with E-state index in [9.17, 15) is 8.42 Å². The highest BCUT2D eigenvalue weighted by molar-refractivity contribution is 7.89. The van der Waals surface area contributed by atoms with E-state index in [1.807, 2.05) is 30.3 Å². The SMILES string of the molecule is CN1C(N)=NC(C)(c2sc(-c3cc4cccc(Cl)c4[nH]3)cc2Cl)CS1(=O)=O. The van der Waals surface area contributed by atoms with Crippen LogP contribution in [0.15, 0.2) is 35.3 Å². The average Bonchev–Trinajstić information content (AvgIpc) is 3.17. The summed E-state index contributed by atoms with van der Waals surface area (Å²) in [7, 11) is -2.17. The second-order valence-electron chi connectivity index (χ2n) is 6.64. The lowest BCUT2D eigenvalue weighted by Gasteiger charge is -2.33. The van der Waals surface area contributed by atoms with E-state index in [-0.39, 0.29) is 11.7 Å². The van der Waals surface area contributed by atoms with Crippen LogP contribution in [0.1, 0.15) is 11.8 Å². The van der Waals surface area contributed by atoms with Crippen molar-refractivity contribution in [2.75, 3.05) is 12.8 Å². The topological polar surface area (TPSA) is 91.5 Å². The fraction of sp³-hybridized carbons (Fsp3) is 0.235. The number of guanidine groups is 1. The molecule has 27 heavy (non-hydrogen) atoms. The second-order valence-corrected chi connectivity index (χ2v) is 10.5. The van der Waals surface area contributed by atoms with Gasteiger partial charge in [-0.1, -0.05) is 35.3 Å². The molecule has 0 aliphatic carbocycles. The smallest absolute Gasteiger partial charge is 0.239 e. The molecule has 2 aromatic heterocycles. The number of rotatable bonds is 2. The molecule has 1 aromatic carbocycles. The van der Waals surface area contributed by atoms with Gasteiger partial charge in [0.15, 0.2) is 0 Å². The molecule has 3 N–H and O–H groups in total. The van der Waals surface area contributed by atoms with Crippen molar-refractivity contribution in [3.8, 4) is 10.6 Å². The molecule has 0 spiro atoms. The van der Waals surface area contributed by atoms with E-state index in [4.69, 9.17) is 28.9 Å². The summed E-state index contributed by atoms with van der Waals surface area (Å²) in [6.45, 7) is 1.73. The van der Waals surface area contributed by atoms with Crippen LogP contribution in [0.5, 0.6) is 0 Å². The third-order valence-corrected chi connectivity index (χ3v) is 8.71. The van der Waals surface area contributed by atoms with Crippen molar-refractivity contribution in [2.45, 2.75) is 12.5 Å². The molecule has 0 amide bonds. The monoisotopic (exact) mass is 442 g/mol. The summed E-state index contributed by atoms with van der Waals surface area (Å²) in [5.74, 6) is -0.248. The molecule has 0 saturated heterocycles. The molecule has 3 heterocycles. The van der Waals surface area contributed by atoms with E-state index < -0.39 is 15.6 Å². The van der Waals surface area contributed by atoms with E-state index in [0.29, 0.717) is 14.9 Å². The van der Waals surface area contributed by atoms with Crippen molar-refractivity contribution in [3.05, 3.63) is 45.3 Å². The summed E-state index contributed by atoms with van der Waals surface area (Å²) in [6.07, 6.45) is 0. The van der Waals surface area contributed by atoms with Crippen LogP contribution in [-0.4, -0.2) is 36.5 Å². The third kappa shape index (κ3) is 3.00. The van der Waals surface area contributed by atoms with Gasteiger partial charge in [0, 0.05) is 12.4 Å². The standard InChI is InChI=1S/C17H16Cl2N4O2S2/c1-17(8-27(24,25)23(2)16(20)22-17)15-11(19)7-13(26-15)12-6-9-4-3-5-10(18)14(9)21-12/h3-7,21H,8H2,1-2H3,(H2,20,22). The number of aliphatic imine (C=N–C) groups is 1. The number of aromatic amines is 1. The zero-order valence-corrected chi connectivity index (χ0v) is 17.6. The lowest BCUT2D eigenvalue weighted by atomic mass is 10.0. The Kier molecular flexibility index (Phi) is 4.23. The van der Waals surface area contributed by atoms with Crippen molar-refractivity contribution >= 4 is 61.4 Å². The van der Waals surface area contributed by atoms with E-state index >= 15 is 0 Å². The van der Waals surface area contributed by atoms with Gasteiger partial charge in [0.1, 0.15) is 5.54 Å². The van der Waals surface area contributed by atoms with Crippen LogP contribution in [-0.2, 0) is 15.6 Å². The summed E-state index contributed by atoms with van der Waals surface area (Å²) in [4.78, 5) is 9.25. The van der Waals surface area contributed by atoms with Gasteiger partial charge in [-0.3, -0.25) is 0 Å². The van der Waals surface area contributed by atoms with Crippen LogP contribution in [0.4, 0.5) is 0 Å². The van der Waals surface area contributed by atoms with Crippen molar-refractivity contribution in [2.24, 2.45) is 10.7 Å². The van der Waals surface area contributed by atoms with E-state index in [1.54, 1.807) is 6.92 Å². The Balaban J connectivity index is 1.83. The molecule has 0 saturated carbocycles. The van der Waals surface area contributed by atoms with Crippen molar-refractivity contribution in [3.63, 3.8) is 0 Å². The summed E-state index contributed by atoms with van der Waals surface area (Å²) < 4.78 is 25.9.